The van der Waals surface area contributed by atoms with Gasteiger partial charge in [-0.1, -0.05) is 66.7 Å². The molecule has 1 atom stereocenters. The van der Waals surface area contributed by atoms with Gasteiger partial charge < -0.3 is 10.8 Å². The lowest BCUT2D eigenvalue weighted by molar-refractivity contribution is 0.0987. The minimum Gasteiger partial charge on any atom is -0.508 e. The molecule has 0 aromatic heterocycles. The average Bonchev–Trinajstić information content (AvgIpc) is 3.05. The summed E-state index contributed by atoms with van der Waals surface area (Å²) in [4.78, 5) is 15.6. The SMILES string of the molecule is Nc1ccccc1C1(c2ccc(O)cc2)c2ccccc2C(=O)N1c1ccccc1. The van der Waals surface area contributed by atoms with Crippen LogP contribution in [0.4, 0.5) is 11.4 Å². The molecule has 30 heavy (non-hydrogen) atoms. The molecule has 1 aliphatic rings. The summed E-state index contributed by atoms with van der Waals surface area (Å²) in [6.07, 6.45) is 0. The molecular formula is C26H20N2O2. The summed E-state index contributed by atoms with van der Waals surface area (Å²) >= 11 is 0. The summed E-state index contributed by atoms with van der Waals surface area (Å²) in [5.41, 5.74) is 10.1. The molecule has 146 valence electrons. The lowest BCUT2D eigenvalue weighted by atomic mass is 9.76. The van der Waals surface area contributed by atoms with Crippen molar-refractivity contribution < 1.29 is 9.90 Å². The summed E-state index contributed by atoms with van der Waals surface area (Å²) < 4.78 is 0. The molecule has 1 unspecified atom stereocenters. The maximum atomic E-state index is 13.8. The summed E-state index contributed by atoms with van der Waals surface area (Å²) in [5.74, 6) is 0.0759. The Morgan fingerprint density at radius 2 is 1.30 bits per heavy atom. The number of hydrogen-bond acceptors (Lipinski definition) is 3. The lowest BCUT2D eigenvalue weighted by Crippen LogP contribution is -2.46. The number of phenols is 1. The van der Waals surface area contributed by atoms with Crippen LogP contribution in [0.15, 0.2) is 103 Å². The Morgan fingerprint density at radius 3 is 2.00 bits per heavy atom. The molecule has 1 amide bonds. The van der Waals surface area contributed by atoms with E-state index in [0.29, 0.717) is 11.3 Å². The van der Waals surface area contributed by atoms with Crippen LogP contribution in [0.25, 0.3) is 0 Å². The highest BCUT2D eigenvalue weighted by atomic mass is 16.3. The predicted octanol–water partition coefficient (Wildman–Crippen LogP) is 4.93. The predicted molar refractivity (Wildman–Crippen MR) is 119 cm³/mol. The standard InChI is InChI=1S/C26H20N2O2/c27-24-13-7-6-12-23(24)26(18-14-16-20(29)17-15-18)22-11-5-4-10-21(22)25(30)28(26)19-8-2-1-3-9-19/h1-17,29H,27H2. The third kappa shape index (κ3) is 2.44. The molecule has 4 heteroatoms. The molecule has 4 nitrogen and oxygen atoms in total. The number of fused-ring (bicyclic) bond motifs is 1. The van der Waals surface area contributed by atoms with Gasteiger partial charge in [-0.15, -0.1) is 0 Å². The second-order valence-electron chi connectivity index (χ2n) is 7.37. The molecular weight excluding hydrogens is 372 g/mol. The molecule has 1 aliphatic heterocycles. The second-order valence-corrected chi connectivity index (χ2v) is 7.37. The first-order valence-electron chi connectivity index (χ1n) is 9.77. The first-order valence-corrected chi connectivity index (χ1v) is 9.77. The van der Waals surface area contributed by atoms with Crippen molar-refractivity contribution in [2.45, 2.75) is 5.54 Å². The van der Waals surface area contributed by atoms with E-state index in [2.05, 4.69) is 0 Å². The fraction of sp³-hybridized carbons (Fsp3) is 0.0385. The molecule has 3 N–H and O–H groups in total. The molecule has 4 aromatic carbocycles. The van der Waals surface area contributed by atoms with Crippen LogP contribution in [0.2, 0.25) is 0 Å². The number of hydrogen-bond donors (Lipinski definition) is 2. The number of carbonyl (C=O) groups excluding carboxylic acids is 1. The van der Waals surface area contributed by atoms with Crippen LogP contribution < -0.4 is 10.6 Å². The molecule has 0 saturated carbocycles. The monoisotopic (exact) mass is 392 g/mol. The highest BCUT2D eigenvalue weighted by Crippen LogP contribution is 2.52. The van der Waals surface area contributed by atoms with Gasteiger partial charge in [0.25, 0.3) is 5.91 Å². The average molecular weight is 392 g/mol. The first kappa shape index (κ1) is 18.0. The minimum absolute atomic E-state index is 0.0897. The normalized spacial score (nSPS) is 17.7. The van der Waals surface area contributed by atoms with E-state index >= 15 is 0 Å². The quantitative estimate of drug-likeness (QED) is 0.486. The maximum absolute atomic E-state index is 13.8. The fourth-order valence-electron chi connectivity index (χ4n) is 4.50. The molecule has 0 fully saturated rings. The third-order valence-corrected chi connectivity index (χ3v) is 5.74. The van der Waals surface area contributed by atoms with Crippen LogP contribution in [-0.4, -0.2) is 11.0 Å². The van der Waals surface area contributed by atoms with E-state index in [1.165, 1.54) is 0 Å². The number of aromatic hydroxyl groups is 1. The van der Waals surface area contributed by atoms with Gasteiger partial charge in [0.15, 0.2) is 0 Å². The van der Waals surface area contributed by atoms with Crippen molar-refractivity contribution in [1.82, 2.24) is 0 Å². The van der Waals surface area contributed by atoms with E-state index in [0.717, 1.165) is 22.4 Å². The molecule has 1 heterocycles. The first-order chi connectivity index (χ1) is 14.6. The Morgan fingerprint density at radius 1 is 0.700 bits per heavy atom. The van der Waals surface area contributed by atoms with E-state index < -0.39 is 5.54 Å². The zero-order valence-corrected chi connectivity index (χ0v) is 16.2. The van der Waals surface area contributed by atoms with Gasteiger partial charge in [-0.2, -0.15) is 0 Å². The summed E-state index contributed by atoms with van der Waals surface area (Å²) in [7, 11) is 0. The van der Waals surface area contributed by atoms with Gasteiger partial charge in [0.2, 0.25) is 0 Å². The van der Waals surface area contributed by atoms with Crippen LogP contribution in [0.5, 0.6) is 5.75 Å². The van der Waals surface area contributed by atoms with Crippen molar-refractivity contribution in [3.8, 4) is 5.75 Å². The Kier molecular flexibility index (Phi) is 4.07. The van der Waals surface area contributed by atoms with Crippen LogP contribution in [0, 0.1) is 0 Å². The van der Waals surface area contributed by atoms with Gasteiger partial charge in [-0.25, -0.2) is 0 Å². The van der Waals surface area contributed by atoms with Crippen LogP contribution >= 0.6 is 0 Å². The van der Waals surface area contributed by atoms with Crippen molar-refractivity contribution in [2.75, 3.05) is 10.6 Å². The number of anilines is 2. The topological polar surface area (TPSA) is 66.6 Å². The molecule has 0 spiro atoms. The number of benzene rings is 4. The van der Waals surface area contributed by atoms with Crippen molar-refractivity contribution in [2.24, 2.45) is 0 Å². The molecule has 0 radical (unpaired) electrons. The maximum Gasteiger partial charge on any atom is 0.260 e. The number of nitrogen functional groups attached to an aromatic ring is 1. The lowest BCUT2D eigenvalue weighted by Gasteiger charge is -2.41. The van der Waals surface area contributed by atoms with Gasteiger partial charge >= 0.3 is 0 Å². The summed E-state index contributed by atoms with van der Waals surface area (Å²) in [6.45, 7) is 0. The van der Waals surface area contributed by atoms with Gasteiger partial charge in [0, 0.05) is 22.5 Å². The van der Waals surface area contributed by atoms with Crippen molar-refractivity contribution in [3.63, 3.8) is 0 Å². The van der Waals surface area contributed by atoms with E-state index in [4.69, 9.17) is 5.73 Å². The highest BCUT2D eigenvalue weighted by molar-refractivity contribution is 6.14. The number of phenolic OH excluding ortho intramolecular Hbond substituents is 1. The van der Waals surface area contributed by atoms with Gasteiger partial charge in [0.05, 0.1) is 0 Å². The third-order valence-electron chi connectivity index (χ3n) is 5.74. The number of nitrogens with two attached hydrogens (primary N) is 1. The Hall–Kier alpha value is -4.05. The van der Waals surface area contributed by atoms with E-state index in [9.17, 15) is 9.90 Å². The number of para-hydroxylation sites is 2. The minimum atomic E-state index is -0.964. The number of nitrogens with zero attached hydrogens (tertiary/aromatic N) is 1. The number of carbonyl (C=O) groups is 1. The van der Waals surface area contributed by atoms with E-state index in [1.54, 1.807) is 12.1 Å². The van der Waals surface area contributed by atoms with Crippen LogP contribution in [0.3, 0.4) is 0 Å². The summed E-state index contributed by atoms with van der Waals surface area (Å²) in [6, 6.07) is 31.9. The Labute approximate surface area is 174 Å². The Balaban J connectivity index is 1.95. The van der Waals surface area contributed by atoms with Crippen molar-refractivity contribution in [1.29, 1.82) is 0 Å². The molecule has 5 rings (SSSR count). The summed E-state index contributed by atoms with van der Waals surface area (Å²) in [5, 5.41) is 9.93. The molecule has 0 saturated heterocycles. The van der Waals surface area contributed by atoms with Gasteiger partial charge in [0.1, 0.15) is 11.3 Å². The number of rotatable bonds is 3. The van der Waals surface area contributed by atoms with Crippen molar-refractivity contribution in [3.05, 3.63) is 125 Å². The van der Waals surface area contributed by atoms with E-state index in [-0.39, 0.29) is 11.7 Å². The van der Waals surface area contributed by atoms with Gasteiger partial charge in [-0.3, -0.25) is 9.69 Å². The molecule has 0 aliphatic carbocycles. The van der Waals surface area contributed by atoms with Crippen molar-refractivity contribution >= 4 is 17.3 Å². The Bertz CT molecular complexity index is 1240. The zero-order chi connectivity index (χ0) is 20.7. The zero-order valence-electron chi connectivity index (χ0n) is 16.2. The number of amides is 1. The van der Waals surface area contributed by atoms with Crippen LogP contribution in [0.1, 0.15) is 27.0 Å². The largest absolute Gasteiger partial charge is 0.508 e. The smallest absolute Gasteiger partial charge is 0.260 e. The van der Waals surface area contributed by atoms with E-state index in [1.807, 2.05) is 95.9 Å². The molecule has 0 bridgehead atoms. The van der Waals surface area contributed by atoms with Crippen LogP contribution in [-0.2, 0) is 5.54 Å². The van der Waals surface area contributed by atoms with Gasteiger partial charge in [-0.05, 0) is 47.5 Å². The second kappa shape index (κ2) is 6.78. The fourth-order valence-corrected chi connectivity index (χ4v) is 4.50. The highest BCUT2D eigenvalue weighted by Gasteiger charge is 2.53. The molecule has 4 aromatic rings.